The number of nitrogen functional groups attached to an aromatic ring is 1. The highest BCUT2D eigenvalue weighted by atomic mass is 79.9. The number of halogens is 1. The zero-order valence-corrected chi connectivity index (χ0v) is 12.5. The van der Waals surface area contributed by atoms with E-state index in [1.54, 1.807) is 13.0 Å². The number of hydrogen-bond donors (Lipinski definition) is 2. The normalized spacial score (nSPS) is 11.7. The van der Waals surface area contributed by atoms with Crippen LogP contribution < -0.4 is 10.5 Å². The SMILES string of the molecule is Cc1cnc(CNS(=O)(=O)c2ccc(Br)c(N)c2)o1. The van der Waals surface area contributed by atoms with Crippen molar-refractivity contribution in [3.05, 3.63) is 40.5 Å². The Balaban J connectivity index is 2.16. The molecule has 8 heteroatoms. The number of oxazole rings is 1. The van der Waals surface area contributed by atoms with Crippen LogP contribution in [0.15, 0.2) is 38.2 Å². The van der Waals surface area contributed by atoms with Gasteiger partial charge in [0.1, 0.15) is 5.76 Å². The summed E-state index contributed by atoms with van der Waals surface area (Å²) in [5.74, 6) is 0.938. The first-order valence-corrected chi connectivity index (χ1v) is 7.62. The summed E-state index contributed by atoms with van der Waals surface area (Å²) in [6, 6.07) is 4.43. The molecule has 19 heavy (non-hydrogen) atoms. The van der Waals surface area contributed by atoms with E-state index in [1.807, 2.05) is 0 Å². The van der Waals surface area contributed by atoms with Gasteiger partial charge < -0.3 is 10.2 Å². The molecule has 0 saturated heterocycles. The van der Waals surface area contributed by atoms with Crippen LogP contribution in [0.25, 0.3) is 0 Å². The third-order valence-corrected chi connectivity index (χ3v) is 4.48. The van der Waals surface area contributed by atoms with E-state index < -0.39 is 10.0 Å². The minimum Gasteiger partial charge on any atom is -0.445 e. The molecule has 0 aliphatic rings. The van der Waals surface area contributed by atoms with E-state index in [-0.39, 0.29) is 11.4 Å². The van der Waals surface area contributed by atoms with Crippen molar-refractivity contribution in [1.29, 1.82) is 0 Å². The summed E-state index contributed by atoms with van der Waals surface area (Å²) in [7, 11) is -3.64. The Morgan fingerprint density at radius 1 is 1.47 bits per heavy atom. The Morgan fingerprint density at radius 2 is 2.21 bits per heavy atom. The van der Waals surface area contributed by atoms with Crippen LogP contribution in [0.3, 0.4) is 0 Å². The van der Waals surface area contributed by atoms with E-state index >= 15 is 0 Å². The Kier molecular flexibility index (Phi) is 3.93. The molecule has 0 fully saturated rings. The highest BCUT2D eigenvalue weighted by molar-refractivity contribution is 9.10. The zero-order valence-electron chi connectivity index (χ0n) is 10.1. The Bertz CT molecular complexity index is 697. The largest absolute Gasteiger partial charge is 0.445 e. The topological polar surface area (TPSA) is 98.2 Å². The molecule has 1 aromatic carbocycles. The van der Waals surface area contributed by atoms with Crippen molar-refractivity contribution in [1.82, 2.24) is 9.71 Å². The second-order valence-electron chi connectivity index (χ2n) is 3.87. The van der Waals surface area contributed by atoms with Crippen LogP contribution in [0.2, 0.25) is 0 Å². The molecule has 0 aliphatic carbocycles. The van der Waals surface area contributed by atoms with Crippen LogP contribution in [-0.2, 0) is 16.6 Å². The van der Waals surface area contributed by atoms with Gasteiger partial charge in [-0.15, -0.1) is 0 Å². The summed E-state index contributed by atoms with van der Waals surface area (Å²) in [5, 5.41) is 0. The fraction of sp³-hybridized carbons (Fsp3) is 0.182. The molecule has 0 spiro atoms. The van der Waals surface area contributed by atoms with Crippen LogP contribution in [0, 0.1) is 6.92 Å². The second-order valence-corrected chi connectivity index (χ2v) is 6.49. The van der Waals surface area contributed by atoms with Gasteiger partial charge >= 0.3 is 0 Å². The van der Waals surface area contributed by atoms with E-state index in [9.17, 15) is 8.42 Å². The van der Waals surface area contributed by atoms with Gasteiger partial charge in [0.2, 0.25) is 15.9 Å². The summed E-state index contributed by atoms with van der Waals surface area (Å²) in [6.07, 6.45) is 1.53. The standard InChI is InChI=1S/C11H12BrN3O3S/c1-7-5-14-11(18-7)6-15-19(16,17)8-2-3-9(12)10(13)4-8/h2-5,15H,6,13H2,1H3. The predicted octanol–water partition coefficient (Wildman–Crippen LogP) is 1.81. The van der Waals surface area contributed by atoms with Crippen LogP contribution >= 0.6 is 15.9 Å². The molecule has 0 aliphatic heterocycles. The fourth-order valence-electron chi connectivity index (χ4n) is 1.41. The van der Waals surface area contributed by atoms with Crippen LogP contribution in [0.4, 0.5) is 5.69 Å². The van der Waals surface area contributed by atoms with E-state index in [0.29, 0.717) is 21.8 Å². The van der Waals surface area contributed by atoms with Gasteiger partial charge in [-0.25, -0.2) is 18.1 Å². The summed E-state index contributed by atoms with van der Waals surface area (Å²) < 4.78 is 32.3. The number of rotatable bonds is 4. The molecule has 0 amide bonds. The fourth-order valence-corrected chi connectivity index (χ4v) is 2.67. The third kappa shape index (κ3) is 3.34. The number of nitrogens with one attached hydrogen (secondary N) is 1. The van der Waals surface area contributed by atoms with E-state index in [0.717, 1.165) is 0 Å². The number of anilines is 1. The van der Waals surface area contributed by atoms with Gasteiger partial charge in [-0.05, 0) is 41.1 Å². The highest BCUT2D eigenvalue weighted by Crippen LogP contribution is 2.22. The highest BCUT2D eigenvalue weighted by Gasteiger charge is 2.16. The first-order valence-electron chi connectivity index (χ1n) is 5.34. The van der Waals surface area contributed by atoms with Crippen molar-refractivity contribution in [3.63, 3.8) is 0 Å². The molecule has 0 bridgehead atoms. The Labute approximate surface area is 119 Å². The number of aryl methyl sites for hydroxylation is 1. The third-order valence-electron chi connectivity index (χ3n) is 2.36. The van der Waals surface area contributed by atoms with Crippen molar-refractivity contribution in [2.45, 2.75) is 18.4 Å². The van der Waals surface area contributed by atoms with Crippen LogP contribution in [-0.4, -0.2) is 13.4 Å². The van der Waals surface area contributed by atoms with Gasteiger partial charge in [-0.3, -0.25) is 0 Å². The smallest absolute Gasteiger partial charge is 0.241 e. The molecule has 0 unspecified atom stereocenters. The number of hydrogen-bond acceptors (Lipinski definition) is 5. The van der Waals surface area contributed by atoms with Gasteiger partial charge in [-0.1, -0.05) is 0 Å². The van der Waals surface area contributed by atoms with Crippen molar-refractivity contribution in [2.24, 2.45) is 0 Å². The summed E-state index contributed by atoms with van der Waals surface area (Å²) in [6.45, 7) is 1.73. The maximum Gasteiger partial charge on any atom is 0.241 e. The minimum absolute atomic E-state index is 0.00780. The number of nitrogens with two attached hydrogens (primary N) is 1. The molecule has 3 N–H and O–H groups in total. The Morgan fingerprint density at radius 3 is 2.79 bits per heavy atom. The number of benzene rings is 1. The van der Waals surface area contributed by atoms with Gasteiger partial charge in [0.15, 0.2) is 0 Å². The quantitative estimate of drug-likeness (QED) is 0.823. The lowest BCUT2D eigenvalue weighted by Gasteiger charge is -2.06. The van der Waals surface area contributed by atoms with E-state index in [2.05, 4.69) is 25.6 Å². The van der Waals surface area contributed by atoms with Gasteiger partial charge in [0.25, 0.3) is 0 Å². The van der Waals surface area contributed by atoms with Crippen LogP contribution in [0.1, 0.15) is 11.7 Å². The average molecular weight is 346 g/mol. The molecule has 102 valence electrons. The number of nitrogens with zero attached hydrogens (tertiary/aromatic N) is 1. The average Bonchev–Trinajstić information content (AvgIpc) is 2.76. The first kappa shape index (κ1) is 14.0. The van der Waals surface area contributed by atoms with Crippen molar-refractivity contribution in [3.8, 4) is 0 Å². The molecule has 0 atom stereocenters. The number of aromatic nitrogens is 1. The van der Waals surface area contributed by atoms with E-state index in [1.165, 1.54) is 18.3 Å². The minimum atomic E-state index is -3.64. The number of sulfonamides is 1. The van der Waals surface area contributed by atoms with Gasteiger partial charge in [0.05, 0.1) is 17.6 Å². The molecule has 1 heterocycles. The first-order chi connectivity index (χ1) is 8.88. The van der Waals surface area contributed by atoms with E-state index in [4.69, 9.17) is 10.2 Å². The van der Waals surface area contributed by atoms with Gasteiger partial charge in [-0.2, -0.15) is 0 Å². The lowest BCUT2D eigenvalue weighted by molar-refractivity contribution is 0.463. The molecule has 0 radical (unpaired) electrons. The molecule has 6 nitrogen and oxygen atoms in total. The molecular formula is C11H12BrN3O3S. The maximum atomic E-state index is 12.0. The predicted molar refractivity (Wildman–Crippen MR) is 73.8 cm³/mol. The monoisotopic (exact) mass is 345 g/mol. The van der Waals surface area contributed by atoms with Crippen molar-refractivity contribution in [2.75, 3.05) is 5.73 Å². The van der Waals surface area contributed by atoms with Crippen molar-refractivity contribution >= 4 is 31.6 Å². The van der Waals surface area contributed by atoms with Gasteiger partial charge in [0, 0.05) is 10.2 Å². The summed E-state index contributed by atoms with van der Waals surface area (Å²) >= 11 is 3.21. The summed E-state index contributed by atoms with van der Waals surface area (Å²) in [5.41, 5.74) is 6.01. The van der Waals surface area contributed by atoms with Crippen LogP contribution in [0.5, 0.6) is 0 Å². The molecule has 1 aromatic heterocycles. The Hall–Kier alpha value is -1.38. The molecule has 2 rings (SSSR count). The molecule has 2 aromatic rings. The van der Waals surface area contributed by atoms with Crippen molar-refractivity contribution < 1.29 is 12.8 Å². The molecular weight excluding hydrogens is 334 g/mol. The maximum absolute atomic E-state index is 12.0. The lowest BCUT2D eigenvalue weighted by Crippen LogP contribution is -2.23. The zero-order chi connectivity index (χ0) is 14.0. The lowest BCUT2D eigenvalue weighted by atomic mass is 10.3. The molecule has 0 saturated carbocycles. The second kappa shape index (κ2) is 5.32. The summed E-state index contributed by atoms with van der Waals surface area (Å²) in [4.78, 5) is 4.01.